The van der Waals surface area contributed by atoms with E-state index in [4.69, 9.17) is 0 Å². The van der Waals surface area contributed by atoms with Gasteiger partial charge in [-0.25, -0.2) is 0 Å². The number of para-hydroxylation sites is 1. The molecule has 4 heteroatoms. The third-order valence-electron chi connectivity index (χ3n) is 2.63. The minimum absolute atomic E-state index is 0.0244. The fourth-order valence-corrected chi connectivity index (χ4v) is 1.85. The second-order valence-corrected chi connectivity index (χ2v) is 3.78. The van der Waals surface area contributed by atoms with Gasteiger partial charge < -0.3 is 4.57 Å². The van der Waals surface area contributed by atoms with Crippen molar-refractivity contribution < 1.29 is 4.92 Å². The Morgan fingerprint density at radius 2 is 2.19 bits per heavy atom. The van der Waals surface area contributed by atoms with Crippen LogP contribution >= 0.6 is 0 Å². The van der Waals surface area contributed by atoms with Crippen LogP contribution in [0.3, 0.4) is 0 Å². The summed E-state index contributed by atoms with van der Waals surface area (Å²) in [6, 6.07) is 7.85. The highest BCUT2D eigenvalue weighted by Gasteiger charge is 2.12. The largest absolute Gasteiger partial charge is 0.350 e. The van der Waals surface area contributed by atoms with Crippen LogP contribution in [-0.4, -0.2) is 9.49 Å². The zero-order valence-electron chi connectivity index (χ0n) is 9.01. The van der Waals surface area contributed by atoms with Crippen LogP contribution in [0.15, 0.2) is 42.7 Å². The number of aryl methyl sites for hydroxylation is 1. The molecule has 0 radical (unpaired) electrons. The normalized spacial score (nSPS) is 10.6. The molecule has 0 spiro atoms. The number of nitro groups is 1. The van der Waals surface area contributed by atoms with Crippen LogP contribution in [-0.2, 0) is 13.5 Å². The number of benzene rings is 1. The van der Waals surface area contributed by atoms with Crippen molar-refractivity contribution in [2.24, 2.45) is 7.05 Å². The average Bonchev–Trinajstić information content (AvgIpc) is 2.57. The van der Waals surface area contributed by atoms with Crippen molar-refractivity contribution in [1.82, 2.24) is 4.57 Å². The van der Waals surface area contributed by atoms with Crippen molar-refractivity contribution >= 4 is 10.9 Å². The quantitative estimate of drug-likeness (QED) is 0.584. The summed E-state index contributed by atoms with van der Waals surface area (Å²) >= 11 is 0. The SMILES string of the molecule is C=C(Cc1cn(C)c2ccccc12)[N+](=O)[O-]. The summed E-state index contributed by atoms with van der Waals surface area (Å²) < 4.78 is 1.97. The number of nitrogens with zero attached hydrogens (tertiary/aromatic N) is 2. The molecule has 0 aliphatic carbocycles. The minimum atomic E-state index is -0.429. The summed E-state index contributed by atoms with van der Waals surface area (Å²) in [4.78, 5) is 10.1. The van der Waals surface area contributed by atoms with Crippen LogP contribution < -0.4 is 0 Å². The van der Waals surface area contributed by atoms with Gasteiger partial charge in [0.05, 0.1) is 11.3 Å². The van der Waals surface area contributed by atoms with Crippen molar-refractivity contribution in [2.45, 2.75) is 6.42 Å². The highest BCUT2D eigenvalue weighted by atomic mass is 16.6. The van der Waals surface area contributed by atoms with E-state index in [1.54, 1.807) is 0 Å². The zero-order chi connectivity index (χ0) is 11.7. The van der Waals surface area contributed by atoms with Crippen LogP contribution in [0, 0.1) is 10.1 Å². The topological polar surface area (TPSA) is 48.1 Å². The lowest BCUT2D eigenvalue weighted by molar-refractivity contribution is -0.426. The molecule has 0 aliphatic rings. The molecular weight excluding hydrogens is 204 g/mol. The Morgan fingerprint density at radius 3 is 2.88 bits per heavy atom. The summed E-state index contributed by atoms with van der Waals surface area (Å²) in [7, 11) is 1.93. The van der Waals surface area contributed by atoms with Gasteiger partial charge in [0, 0.05) is 24.1 Å². The van der Waals surface area contributed by atoms with Crippen molar-refractivity contribution in [2.75, 3.05) is 0 Å². The Kier molecular flexibility index (Phi) is 2.48. The van der Waals surface area contributed by atoms with Crippen molar-refractivity contribution in [3.05, 3.63) is 58.4 Å². The highest BCUT2D eigenvalue weighted by Crippen LogP contribution is 2.22. The lowest BCUT2D eigenvalue weighted by Gasteiger charge is -1.95. The predicted molar refractivity (Wildman–Crippen MR) is 62.8 cm³/mol. The van der Waals surface area contributed by atoms with Gasteiger partial charge in [-0.1, -0.05) is 18.2 Å². The number of fused-ring (bicyclic) bond motifs is 1. The standard InChI is InChI=1S/C12H12N2O2/c1-9(14(15)16)7-10-8-13(2)12-6-4-3-5-11(10)12/h3-6,8H,1,7H2,2H3. The van der Waals surface area contributed by atoms with E-state index in [0.717, 1.165) is 16.5 Å². The molecule has 0 saturated heterocycles. The fraction of sp³-hybridized carbons (Fsp3) is 0.167. The molecule has 0 fully saturated rings. The summed E-state index contributed by atoms with van der Waals surface area (Å²) in [6.07, 6.45) is 2.20. The number of aromatic nitrogens is 1. The fourth-order valence-electron chi connectivity index (χ4n) is 1.85. The molecular formula is C12H12N2O2. The first-order chi connectivity index (χ1) is 7.59. The van der Waals surface area contributed by atoms with E-state index >= 15 is 0 Å². The summed E-state index contributed by atoms with van der Waals surface area (Å²) in [6.45, 7) is 3.46. The van der Waals surface area contributed by atoms with Crippen LogP contribution in [0.4, 0.5) is 0 Å². The van der Waals surface area contributed by atoms with E-state index < -0.39 is 4.92 Å². The number of rotatable bonds is 3. The predicted octanol–water partition coefficient (Wildman–Crippen LogP) is 2.51. The summed E-state index contributed by atoms with van der Waals surface area (Å²) in [5, 5.41) is 11.6. The van der Waals surface area contributed by atoms with E-state index in [1.807, 2.05) is 42.1 Å². The van der Waals surface area contributed by atoms with E-state index in [1.165, 1.54) is 0 Å². The van der Waals surface area contributed by atoms with Gasteiger partial charge in [0.25, 0.3) is 0 Å². The molecule has 0 unspecified atom stereocenters. The molecule has 1 aromatic heterocycles. The first-order valence-corrected chi connectivity index (χ1v) is 4.94. The van der Waals surface area contributed by atoms with Crippen LogP contribution in [0.2, 0.25) is 0 Å². The van der Waals surface area contributed by atoms with Gasteiger partial charge in [0.1, 0.15) is 0 Å². The Balaban J connectivity index is 2.46. The summed E-state index contributed by atoms with van der Waals surface area (Å²) in [5.74, 6) is 0. The number of hydrogen-bond acceptors (Lipinski definition) is 2. The molecule has 4 nitrogen and oxygen atoms in total. The molecule has 0 bridgehead atoms. The maximum absolute atomic E-state index is 10.5. The monoisotopic (exact) mass is 216 g/mol. The molecule has 16 heavy (non-hydrogen) atoms. The Hall–Kier alpha value is -2.10. The maximum Gasteiger partial charge on any atom is 0.243 e. The lowest BCUT2D eigenvalue weighted by Crippen LogP contribution is -2.00. The molecule has 0 aliphatic heterocycles. The van der Waals surface area contributed by atoms with E-state index in [2.05, 4.69) is 6.58 Å². The molecule has 82 valence electrons. The van der Waals surface area contributed by atoms with Gasteiger partial charge in [-0.05, 0) is 18.2 Å². The highest BCUT2D eigenvalue weighted by molar-refractivity contribution is 5.84. The maximum atomic E-state index is 10.5. The van der Waals surface area contributed by atoms with Crippen molar-refractivity contribution in [1.29, 1.82) is 0 Å². The number of allylic oxidation sites excluding steroid dienone is 1. The van der Waals surface area contributed by atoms with Crippen LogP contribution in [0.1, 0.15) is 5.56 Å². The molecule has 2 aromatic rings. The molecule has 0 N–H and O–H groups in total. The second kappa shape index (κ2) is 3.81. The third-order valence-corrected chi connectivity index (χ3v) is 2.63. The zero-order valence-corrected chi connectivity index (χ0v) is 9.01. The first-order valence-electron chi connectivity index (χ1n) is 4.94. The molecule has 0 atom stereocenters. The second-order valence-electron chi connectivity index (χ2n) is 3.78. The Morgan fingerprint density at radius 1 is 1.50 bits per heavy atom. The molecule has 0 saturated carbocycles. The van der Waals surface area contributed by atoms with Gasteiger partial charge in [0.2, 0.25) is 5.70 Å². The van der Waals surface area contributed by atoms with Crippen LogP contribution in [0.5, 0.6) is 0 Å². The van der Waals surface area contributed by atoms with E-state index in [0.29, 0.717) is 0 Å². The Bertz CT molecular complexity index is 569. The number of hydrogen-bond donors (Lipinski definition) is 0. The summed E-state index contributed by atoms with van der Waals surface area (Å²) in [5.41, 5.74) is 2.05. The van der Waals surface area contributed by atoms with Gasteiger partial charge in [0.15, 0.2) is 0 Å². The lowest BCUT2D eigenvalue weighted by atomic mass is 10.1. The van der Waals surface area contributed by atoms with Gasteiger partial charge in [-0.2, -0.15) is 0 Å². The van der Waals surface area contributed by atoms with Gasteiger partial charge >= 0.3 is 0 Å². The minimum Gasteiger partial charge on any atom is -0.350 e. The molecule has 2 rings (SSSR count). The smallest absolute Gasteiger partial charge is 0.243 e. The molecule has 0 amide bonds. The average molecular weight is 216 g/mol. The third kappa shape index (κ3) is 1.69. The molecule has 1 heterocycles. The van der Waals surface area contributed by atoms with E-state index in [-0.39, 0.29) is 12.1 Å². The van der Waals surface area contributed by atoms with Crippen molar-refractivity contribution in [3.63, 3.8) is 0 Å². The van der Waals surface area contributed by atoms with Crippen LogP contribution in [0.25, 0.3) is 10.9 Å². The molecule has 1 aromatic carbocycles. The van der Waals surface area contributed by atoms with Crippen molar-refractivity contribution in [3.8, 4) is 0 Å². The first kappa shape index (κ1) is 10.4. The Labute approximate surface area is 93.0 Å². The van der Waals surface area contributed by atoms with E-state index in [9.17, 15) is 10.1 Å². The van der Waals surface area contributed by atoms with Gasteiger partial charge in [-0.3, -0.25) is 10.1 Å². The van der Waals surface area contributed by atoms with Gasteiger partial charge in [-0.15, -0.1) is 0 Å².